The van der Waals surface area contributed by atoms with Crippen molar-refractivity contribution in [1.29, 1.82) is 0 Å². The summed E-state index contributed by atoms with van der Waals surface area (Å²) in [6.07, 6.45) is 0.725. The van der Waals surface area contributed by atoms with Gasteiger partial charge in [-0.15, -0.1) is 0 Å². The minimum atomic E-state index is -0.404. The second-order valence-corrected chi connectivity index (χ2v) is 5.43. The lowest BCUT2D eigenvalue weighted by molar-refractivity contribution is 0.0970. The Kier molecular flexibility index (Phi) is 3.81. The fraction of sp³-hybridized carbons (Fsp3) is 0.188. The number of ketones is 2. The van der Waals surface area contributed by atoms with Crippen LogP contribution in [0.3, 0.4) is 0 Å². The van der Waals surface area contributed by atoms with Gasteiger partial charge in [0.15, 0.2) is 0 Å². The molecule has 5 nitrogen and oxygen atoms in total. The van der Waals surface area contributed by atoms with E-state index in [4.69, 9.17) is 11.6 Å². The van der Waals surface area contributed by atoms with Crippen molar-refractivity contribution in [1.82, 2.24) is 15.3 Å². The minimum absolute atomic E-state index is 0.0887. The van der Waals surface area contributed by atoms with Crippen LogP contribution in [0.1, 0.15) is 32.4 Å². The molecule has 2 aromatic rings. The molecule has 0 unspecified atom stereocenters. The second-order valence-electron chi connectivity index (χ2n) is 5.06. The van der Waals surface area contributed by atoms with Gasteiger partial charge in [-0.25, -0.2) is 4.98 Å². The lowest BCUT2D eigenvalue weighted by Crippen LogP contribution is -2.30. The number of carbonyl (C=O) groups is 2. The molecule has 22 heavy (non-hydrogen) atoms. The summed E-state index contributed by atoms with van der Waals surface area (Å²) in [7, 11) is 0. The number of nitrogens with one attached hydrogen (secondary N) is 2. The van der Waals surface area contributed by atoms with Crippen LogP contribution in [0.25, 0.3) is 0 Å². The van der Waals surface area contributed by atoms with Crippen LogP contribution < -0.4 is 5.32 Å². The van der Waals surface area contributed by atoms with E-state index in [1.807, 2.05) is 30.3 Å². The number of nitrogens with zero attached hydrogens (tertiary/aromatic N) is 1. The third-order valence-corrected chi connectivity index (χ3v) is 3.83. The fourth-order valence-corrected chi connectivity index (χ4v) is 2.64. The van der Waals surface area contributed by atoms with Crippen LogP contribution in [0.5, 0.6) is 0 Å². The molecular weight excluding hydrogens is 302 g/mol. The molecule has 1 aliphatic rings. The Morgan fingerprint density at radius 1 is 1.18 bits per heavy atom. The van der Waals surface area contributed by atoms with E-state index in [1.165, 1.54) is 0 Å². The molecule has 6 heteroatoms. The molecule has 0 atom stereocenters. The van der Waals surface area contributed by atoms with Crippen molar-refractivity contribution in [2.24, 2.45) is 0 Å². The van der Waals surface area contributed by atoms with Crippen molar-refractivity contribution in [3.63, 3.8) is 0 Å². The van der Waals surface area contributed by atoms with E-state index in [9.17, 15) is 9.59 Å². The van der Waals surface area contributed by atoms with Crippen LogP contribution in [-0.4, -0.2) is 28.1 Å². The van der Waals surface area contributed by atoms with Gasteiger partial charge in [0.2, 0.25) is 11.6 Å². The van der Waals surface area contributed by atoms with E-state index < -0.39 is 5.78 Å². The normalized spacial score (nSPS) is 14.3. The van der Waals surface area contributed by atoms with Gasteiger partial charge in [0.1, 0.15) is 27.9 Å². The van der Waals surface area contributed by atoms with Crippen molar-refractivity contribution < 1.29 is 9.59 Å². The SMILES string of the molecule is Cc1nc2c([nH]1)C(=O)C(Cl)=C(NCCc1ccccc1)C2=O. The predicted molar refractivity (Wildman–Crippen MR) is 83.0 cm³/mol. The molecule has 1 aromatic heterocycles. The summed E-state index contributed by atoms with van der Waals surface area (Å²) in [5.41, 5.74) is 1.56. The van der Waals surface area contributed by atoms with Crippen molar-refractivity contribution in [2.45, 2.75) is 13.3 Å². The van der Waals surface area contributed by atoms with Gasteiger partial charge in [0, 0.05) is 6.54 Å². The lowest BCUT2D eigenvalue weighted by Gasteiger charge is -2.15. The smallest absolute Gasteiger partial charge is 0.231 e. The number of hydrogen-bond donors (Lipinski definition) is 2. The number of aromatic nitrogens is 2. The van der Waals surface area contributed by atoms with Crippen LogP contribution in [0.4, 0.5) is 0 Å². The summed E-state index contributed by atoms with van der Waals surface area (Å²) >= 11 is 6.05. The van der Waals surface area contributed by atoms with Gasteiger partial charge in [-0.1, -0.05) is 41.9 Å². The summed E-state index contributed by atoms with van der Waals surface area (Å²) in [6.45, 7) is 2.20. The van der Waals surface area contributed by atoms with E-state index in [-0.39, 0.29) is 27.9 Å². The molecule has 0 saturated carbocycles. The van der Waals surface area contributed by atoms with Gasteiger partial charge in [0.25, 0.3) is 0 Å². The molecule has 0 bridgehead atoms. The van der Waals surface area contributed by atoms with Gasteiger partial charge in [-0.2, -0.15) is 0 Å². The largest absolute Gasteiger partial charge is 0.380 e. The van der Waals surface area contributed by atoms with Gasteiger partial charge >= 0.3 is 0 Å². The van der Waals surface area contributed by atoms with Gasteiger partial charge in [0.05, 0.1) is 0 Å². The molecule has 0 spiro atoms. The number of Topliss-reactive ketones (excluding diaryl/α,β-unsaturated/α-hetero) is 2. The third-order valence-electron chi connectivity index (χ3n) is 3.47. The number of carbonyl (C=O) groups excluding carboxylic acids is 2. The number of rotatable bonds is 4. The summed E-state index contributed by atoms with van der Waals surface area (Å²) in [6, 6.07) is 9.85. The maximum atomic E-state index is 12.4. The van der Waals surface area contributed by atoms with Crippen LogP contribution >= 0.6 is 11.6 Å². The van der Waals surface area contributed by atoms with Crippen molar-refractivity contribution in [3.05, 3.63) is 63.8 Å². The number of hydrogen-bond acceptors (Lipinski definition) is 4. The van der Waals surface area contributed by atoms with E-state index in [2.05, 4.69) is 15.3 Å². The molecule has 0 radical (unpaired) electrons. The highest BCUT2D eigenvalue weighted by Crippen LogP contribution is 2.25. The summed E-state index contributed by atoms with van der Waals surface area (Å²) in [5, 5.41) is 2.88. The van der Waals surface area contributed by atoms with Crippen molar-refractivity contribution in [3.8, 4) is 0 Å². The molecule has 112 valence electrons. The average molecular weight is 316 g/mol. The Bertz CT molecular complexity index is 778. The van der Waals surface area contributed by atoms with Gasteiger partial charge < -0.3 is 10.3 Å². The minimum Gasteiger partial charge on any atom is -0.380 e. The zero-order chi connectivity index (χ0) is 15.7. The maximum absolute atomic E-state index is 12.4. The molecule has 0 amide bonds. The quantitative estimate of drug-likeness (QED) is 0.908. The molecule has 0 fully saturated rings. The fourth-order valence-electron chi connectivity index (χ4n) is 2.40. The standard InChI is InChI=1S/C16H14ClN3O2/c1-9-19-13-14(20-9)16(22)12(11(17)15(13)21)18-8-7-10-5-3-2-4-6-10/h2-6,18H,7-8H2,1H3,(H,19,20). The average Bonchev–Trinajstić information content (AvgIpc) is 2.92. The number of allylic oxidation sites excluding steroid dienone is 2. The molecule has 1 aromatic carbocycles. The molecule has 1 aliphatic carbocycles. The number of aryl methyl sites for hydroxylation is 1. The molecule has 0 saturated heterocycles. The first-order chi connectivity index (χ1) is 10.6. The topological polar surface area (TPSA) is 74.8 Å². The van der Waals surface area contributed by atoms with E-state index in [1.54, 1.807) is 6.92 Å². The van der Waals surface area contributed by atoms with Crippen LogP contribution in [-0.2, 0) is 6.42 Å². The molecule has 3 rings (SSSR count). The van der Waals surface area contributed by atoms with Crippen LogP contribution in [0.15, 0.2) is 41.1 Å². The molecular formula is C16H14ClN3O2. The second kappa shape index (κ2) is 5.77. The van der Waals surface area contributed by atoms with Crippen LogP contribution in [0, 0.1) is 6.92 Å². The molecule has 1 heterocycles. The van der Waals surface area contributed by atoms with Crippen LogP contribution in [0.2, 0.25) is 0 Å². The lowest BCUT2D eigenvalue weighted by atomic mass is 10.0. The number of H-pyrrole nitrogens is 1. The number of fused-ring (bicyclic) bond motifs is 1. The summed E-state index contributed by atoms with van der Waals surface area (Å²) in [5.74, 6) is -0.238. The first-order valence-electron chi connectivity index (χ1n) is 6.91. The zero-order valence-corrected chi connectivity index (χ0v) is 12.7. The van der Waals surface area contributed by atoms with Gasteiger partial charge in [-0.3, -0.25) is 9.59 Å². The Hall–Kier alpha value is -2.40. The highest BCUT2D eigenvalue weighted by atomic mass is 35.5. The maximum Gasteiger partial charge on any atom is 0.231 e. The van der Waals surface area contributed by atoms with Gasteiger partial charge in [-0.05, 0) is 18.9 Å². The zero-order valence-electron chi connectivity index (χ0n) is 11.9. The molecule has 0 aliphatic heterocycles. The van der Waals surface area contributed by atoms with Crippen molar-refractivity contribution >= 4 is 23.2 Å². The first-order valence-corrected chi connectivity index (χ1v) is 7.29. The molecule has 2 N–H and O–H groups in total. The third kappa shape index (κ3) is 2.55. The summed E-state index contributed by atoms with van der Waals surface area (Å²) < 4.78 is 0. The van der Waals surface area contributed by atoms with Crippen molar-refractivity contribution in [2.75, 3.05) is 6.54 Å². The Labute approximate surface area is 132 Å². The Morgan fingerprint density at radius 3 is 2.64 bits per heavy atom. The Balaban J connectivity index is 1.77. The highest BCUT2D eigenvalue weighted by Gasteiger charge is 2.34. The number of halogens is 1. The van der Waals surface area contributed by atoms with E-state index in [0.717, 1.165) is 12.0 Å². The van der Waals surface area contributed by atoms with E-state index >= 15 is 0 Å². The highest BCUT2D eigenvalue weighted by molar-refractivity contribution is 6.49. The number of benzene rings is 1. The van der Waals surface area contributed by atoms with E-state index in [0.29, 0.717) is 12.4 Å². The monoisotopic (exact) mass is 315 g/mol. The summed E-state index contributed by atoms with van der Waals surface area (Å²) in [4.78, 5) is 31.4. The predicted octanol–water partition coefficient (Wildman–Crippen LogP) is 2.38. The Morgan fingerprint density at radius 2 is 1.91 bits per heavy atom. The number of imidazole rings is 1. The first kappa shape index (κ1) is 14.5. The number of aromatic amines is 1.